The molecule has 3 heteroatoms. The third-order valence-electron chi connectivity index (χ3n) is 3.92. The van der Waals surface area contributed by atoms with Crippen molar-refractivity contribution in [3.63, 3.8) is 0 Å². The highest BCUT2D eigenvalue weighted by molar-refractivity contribution is 5.43. The number of allylic oxidation sites excluding steroid dienone is 1. The monoisotopic (exact) mass is 311 g/mol. The second kappa shape index (κ2) is 8.99. The highest BCUT2D eigenvalue weighted by Gasteiger charge is 2.07. The first-order valence-electron chi connectivity index (χ1n) is 8.05. The predicted octanol–water partition coefficient (Wildman–Crippen LogP) is 4.78. The predicted molar refractivity (Wildman–Crippen MR) is 94.3 cm³/mol. The number of nitrogens with zero attached hydrogens (tertiary/aromatic N) is 1. The van der Waals surface area contributed by atoms with Crippen LogP contribution >= 0.6 is 0 Å². The molecule has 1 aromatic carbocycles. The van der Waals surface area contributed by atoms with Crippen LogP contribution in [0.15, 0.2) is 55.4 Å². The smallest absolute Gasteiger partial charge is 0.161 e. The maximum absolute atomic E-state index is 5.88. The Hall–Kier alpha value is -2.29. The van der Waals surface area contributed by atoms with Gasteiger partial charge in [0.2, 0.25) is 0 Å². The van der Waals surface area contributed by atoms with Gasteiger partial charge in [0, 0.05) is 12.4 Å². The van der Waals surface area contributed by atoms with Gasteiger partial charge in [0.05, 0.1) is 13.7 Å². The van der Waals surface area contributed by atoms with E-state index >= 15 is 0 Å². The Balaban J connectivity index is 1.83. The van der Waals surface area contributed by atoms with E-state index in [1.54, 1.807) is 7.11 Å². The molecule has 0 amide bonds. The van der Waals surface area contributed by atoms with Crippen molar-refractivity contribution in [1.82, 2.24) is 4.98 Å². The number of benzene rings is 1. The Morgan fingerprint density at radius 2 is 1.96 bits per heavy atom. The lowest BCUT2D eigenvalue weighted by atomic mass is 9.98. The van der Waals surface area contributed by atoms with E-state index < -0.39 is 0 Å². The molecule has 0 bridgehead atoms. The first-order chi connectivity index (χ1) is 11.2. The summed E-state index contributed by atoms with van der Waals surface area (Å²) in [5, 5.41) is 0. The molecule has 1 atom stereocenters. The molecule has 0 saturated carbocycles. The first-order valence-corrected chi connectivity index (χ1v) is 8.05. The molecule has 1 unspecified atom stereocenters. The van der Waals surface area contributed by atoms with Gasteiger partial charge >= 0.3 is 0 Å². The van der Waals surface area contributed by atoms with E-state index in [0.29, 0.717) is 12.5 Å². The molecule has 122 valence electrons. The van der Waals surface area contributed by atoms with Crippen LogP contribution in [0.3, 0.4) is 0 Å². The first kappa shape index (κ1) is 17.1. The van der Waals surface area contributed by atoms with Crippen LogP contribution in [-0.4, -0.2) is 18.7 Å². The Kier molecular flexibility index (Phi) is 6.67. The Bertz CT molecular complexity index is 610. The summed E-state index contributed by atoms with van der Waals surface area (Å²) in [7, 11) is 1.67. The maximum Gasteiger partial charge on any atom is 0.161 e. The van der Waals surface area contributed by atoms with E-state index in [0.717, 1.165) is 30.8 Å². The summed E-state index contributed by atoms with van der Waals surface area (Å²) in [5.41, 5.74) is 2.50. The number of rotatable bonds is 9. The SMILES string of the molecule is C=CCc1ccc(OCCCC(C)c2ccncc2)c(OC)c1. The van der Waals surface area contributed by atoms with Gasteiger partial charge in [0.25, 0.3) is 0 Å². The molecule has 1 aromatic heterocycles. The fourth-order valence-electron chi connectivity index (χ4n) is 2.56. The molecule has 0 fully saturated rings. The molecule has 0 N–H and O–H groups in total. The van der Waals surface area contributed by atoms with Crippen LogP contribution in [0, 0.1) is 0 Å². The van der Waals surface area contributed by atoms with Crippen LogP contribution in [0.1, 0.15) is 36.8 Å². The van der Waals surface area contributed by atoms with Crippen LogP contribution in [-0.2, 0) is 6.42 Å². The van der Waals surface area contributed by atoms with E-state index in [9.17, 15) is 0 Å². The summed E-state index contributed by atoms with van der Waals surface area (Å²) in [6, 6.07) is 10.2. The average molecular weight is 311 g/mol. The molecule has 3 nitrogen and oxygen atoms in total. The third kappa shape index (κ3) is 5.13. The topological polar surface area (TPSA) is 31.4 Å². The molecular weight excluding hydrogens is 286 g/mol. The van der Waals surface area contributed by atoms with Crippen LogP contribution < -0.4 is 9.47 Å². The minimum Gasteiger partial charge on any atom is -0.493 e. The van der Waals surface area contributed by atoms with E-state index in [1.807, 2.05) is 30.6 Å². The van der Waals surface area contributed by atoms with Gasteiger partial charge in [-0.25, -0.2) is 0 Å². The van der Waals surface area contributed by atoms with Gasteiger partial charge in [-0.15, -0.1) is 6.58 Å². The molecule has 0 aliphatic heterocycles. The molecule has 2 rings (SSSR count). The fourth-order valence-corrected chi connectivity index (χ4v) is 2.56. The minimum atomic E-state index is 0.512. The van der Waals surface area contributed by atoms with Crippen molar-refractivity contribution < 1.29 is 9.47 Å². The zero-order valence-electron chi connectivity index (χ0n) is 14.0. The molecule has 0 spiro atoms. The maximum atomic E-state index is 5.88. The molecule has 23 heavy (non-hydrogen) atoms. The van der Waals surface area contributed by atoms with Gasteiger partial charge in [0.15, 0.2) is 11.5 Å². The number of ether oxygens (including phenoxy) is 2. The van der Waals surface area contributed by atoms with Gasteiger partial charge in [-0.2, -0.15) is 0 Å². The van der Waals surface area contributed by atoms with Crippen molar-refractivity contribution in [2.45, 2.75) is 32.1 Å². The van der Waals surface area contributed by atoms with Crippen LogP contribution in [0.2, 0.25) is 0 Å². The van der Waals surface area contributed by atoms with Crippen molar-refractivity contribution in [1.29, 1.82) is 0 Å². The van der Waals surface area contributed by atoms with E-state index in [-0.39, 0.29) is 0 Å². The third-order valence-corrected chi connectivity index (χ3v) is 3.92. The van der Waals surface area contributed by atoms with E-state index in [2.05, 4.69) is 36.7 Å². The van der Waals surface area contributed by atoms with Crippen molar-refractivity contribution in [2.24, 2.45) is 0 Å². The van der Waals surface area contributed by atoms with Crippen LogP contribution in [0.25, 0.3) is 0 Å². The molecule has 0 radical (unpaired) electrons. The second-order valence-corrected chi connectivity index (χ2v) is 5.65. The summed E-state index contributed by atoms with van der Waals surface area (Å²) >= 11 is 0. The quantitative estimate of drug-likeness (QED) is 0.493. The minimum absolute atomic E-state index is 0.512. The number of hydrogen-bond donors (Lipinski definition) is 0. The molecule has 2 aromatic rings. The van der Waals surface area contributed by atoms with Gasteiger partial charge < -0.3 is 9.47 Å². The lowest BCUT2D eigenvalue weighted by molar-refractivity contribution is 0.283. The number of methoxy groups -OCH3 is 1. The highest BCUT2D eigenvalue weighted by Crippen LogP contribution is 2.29. The van der Waals surface area contributed by atoms with Crippen molar-refractivity contribution in [2.75, 3.05) is 13.7 Å². The fraction of sp³-hybridized carbons (Fsp3) is 0.350. The van der Waals surface area contributed by atoms with E-state index in [4.69, 9.17) is 9.47 Å². The standard InChI is InChI=1S/C20H25NO2/c1-4-6-17-8-9-19(20(15-17)22-3)23-14-5-7-16(2)18-10-12-21-13-11-18/h4,8-13,15-16H,1,5-7,14H2,2-3H3. The number of aromatic nitrogens is 1. The van der Waals surface area contributed by atoms with E-state index in [1.165, 1.54) is 11.1 Å². The Morgan fingerprint density at radius 1 is 1.17 bits per heavy atom. The Morgan fingerprint density at radius 3 is 2.65 bits per heavy atom. The highest BCUT2D eigenvalue weighted by atomic mass is 16.5. The lowest BCUT2D eigenvalue weighted by Gasteiger charge is -2.14. The van der Waals surface area contributed by atoms with Crippen LogP contribution in [0.5, 0.6) is 11.5 Å². The largest absolute Gasteiger partial charge is 0.493 e. The number of hydrogen-bond acceptors (Lipinski definition) is 3. The zero-order chi connectivity index (χ0) is 16.5. The van der Waals surface area contributed by atoms with Crippen molar-refractivity contribution >= 4 is 0 Å². The molecule has 0 saturated heterocycles. The summed E-state index contributed by atoms with van der Waals surface area (Å²) in [4.78, 5) is 4.06. The number of pyridine rings is 1. The summed E-state index contributed by atoms with van der Waals surface area (Å²) < 4.78 is 11.3. The molecule has 0 aliphatic carbocycles. The summed E-state index contributed by atoms with van der Waals surface area (Å²) in [6.07, 6.45) is 8.49. The average Bonchev–Trinajstić information content (AvgIpc) is 2.60. The van der Waals surface area contributed by atoms with Gasteiger partial charge in [-0.05, 0) is 60.6 Å². The zero-order valence-corrected chi connectivity index (χ0v) is 14.0. The lowest BCUT2D eigenvalue weighted by Crippen LogP contribution is -2.02. The Labute approximate surface area is 139 Å². The van der Waals surface area contributed by atoms with Crippen LogP contribution in [0.4, 0.5) is 0 Å². The molecular formula is C20H25NO2. The van der Waals surface area contributed by atoms with Crippen molar-refractivity contribution in [3.05, 3.63) is 66.5 Å². The summed E-state index contributed by atoms with van der Waals surface area (Å²) in [5.74, 6) is 2.10. The molecule has 1 heterocycles. The second-order valence-electron chi connectivity index (χ2n) is 5.65. The summed E-state index contributed by atoms with van der Waals surface area (Å²) in [6.45, 7) is 6.68. The van der Waals surface area contributed by atoms with Crippen molar-refractivity contribution in [3.8, 4) is 11.5 Å². The molecule has 0 aliphatic rings. The van der Waals surface area contributed by atoms with Gasteiger partial charge in [0.1, 0.15) is 0 Å². The van der Waals surface area contributed by atoms with Gasteiger partial charge in [-0.1, -0.05) is 19.1 Å². The van der Waals surface area contributed by atoms with Gasteiger partial charge in [-0.3, -0.25) is 4.98 Å². The normalized spacial score (nSPS) is 11.7.